The van der Waals surface area contributed by atoms with Crippen LogP contribution in [0.3, 0.4) is 0 Å². The molecule has 0 radical (unpaired) electrons. The van der Waals surface area contributed by atoms with Gasteiger partial charge in [-0.2, -0.15) is 11.8 Å². The zero-order valence-electron chi connectivity index (χ0n) is 11.7. The Balaban J connectivity index is 1.66. The molecule has 1 atom stereocenters. The monoisotopic (exact) mass is 344 g/mol. The average Bonchev–Trinajstić information content (AvgIpc) is 2.47. The number of thioether (sulfide) groups is 1. The van der Waals surface area contributed by atoms with Crippen LogP contribution in [0, 0.1) is 0 Å². The molecule has 1 N–H and O–H groups in total. The van der Waals surface area contributed by atoms with Crippen molar-refractivity contribution in [1.29, 1.82) is 0 Å². The van der Waals surface area contributed by atoms with Crippen LogP contribution in [0.15, 0.2) is 12.1 Å². The van der Waals surface area contributed by atoms with Crippen LogP contribution in [0.2, 0.25) is 10.0 Å². The highest BCUT2D eigenvalue weighted by molar-refractivity contribution is 7.99. The molecule has 3 rings (SSSR count). The minimum atomic E-state index is 0.215. The quantitative estimate of drug-likeness (QED) is 0.894. The summed E-state index contributed by atoms with van der Waals surface area (Å²) >= 11 is 14.2. The van der Waals surface area contributed by atoms with Crippen molar-refractivity contribution < 1.29 is 4.79 Å². The van der Waals surface area contributed by atoms with Gasteiger partial charge in [0.15, 0.2) is 0 Å². The molecule has 1 saturated heterocycles. The van der Waals surface area contributed by atoms with E-state index in [1.165, 1.54) is 5.56 Å². The zero-order chi connectivity index (χ0) is 14.8. The van der Waals surface area contributed by atoms with E-state index in [1.54, 1.807) is 6.07 Å². The van der Waals surface area contributed by atoms with Gasteiger partial charge in [0.2, 0.25) is 5.91 Å². The van der Waals surface area contributed by atoms with Gasteiger partial charge in [-0.15, -0.1) is 0 Å². The number of nitrogens with one attached hydrogen (secondary N) is 1. The van der Waals surface area contributed by atoms with Crippen molar-refractivity contribution in [3.8, 4) is 0 Å². The maximum absolute atomic E-state index is 12.5. The molecular formula is C15H18Cl2N2OS. The van der Waals surface area contributed by atoms with Crippen LogP contribution in [0.4, 0.5) is 0 Å². The fourth-order valence-electron chi connectivity index (χ4n) is 2.89. The lowest BCUT2D eigenvalue weighted by Crippen LogP contribution is -2.44. The number of carbonyl (C=O) groups excluding carboxylic acids is 1. The van der Waals surface area contributed by atoms with E-state index in [0.29, 0.717) is 29.1 Å². The largest absolute Gasteiger partial charge is 0.338 e. The maximum Gasteiger partial charge on any atom is 0.224 e. The summed E-state index contributed by atoms with van der Waals surface area (Å²) in [5, 5.41) is 4.75. The molecule has 0 spiro atoms. The molecule has 3 nitrogen and oxygen atoms in total. The van der Waals surface area contributed by atoms with Gasteiger partial charge in [-0.05, 0) is 29.7 Å². The van der Waals surface area contributed by atoms with Crippen molar-refractivity contribution in [2.24, 2.45) is 0 Å². The normalized spacial score (nSPS) is 22.0. The molecule has 1 amide bonds. The van der Waals surface area contributed by atoms with Gasteiger partial charge < -0.3 is 10.2 Å². The highest BCUT2D eigenvalue weighted by Gasteiger charge is 2.25. The van der Waals surface area contributed by atoms with Crippen molar-refractivity contribution in [3.63, 3.8) is 0 Å². The molecule has 114 valence electrons. The summed E-state index contributed by atoms with van der Waals surface area (Å²) in [5.74, 6) is 2.37. The summed E-state index contributed by atoms with van der Waals surface area (Å²) in [7, 11) is 0. The molecule has 0 saturated carbocycles. The lowest BCUT2D eigenvalue weighted by Gasteiger charge is -2.31. The van der Waals surface area contributed by atoms with Gasteiger partial charge in [0.25, 0.3) is 0 Å². The summed E-state index contributed by atoms with van der Waals surface area (Å²) < 4.78 is 0. The molecule has 2 heterocycles. The molecule has 6 heteroatoms. The van der Waals surface area contributed by atoms with Crippen molar-refractivity contribution in [1.82, 2.24) is 10.2 Å². The lowest BCUT2D eigenvalue weighted by molar-refractivity contribution is -0.132. The zero-order valence-corrected chi connectivity index (χ0v) is 14.0. The second kappa shape index (κ2) is 6.78. The van der Waals surface area contributed by atoms with E-state index in [0.717, 1.165) is 36.6 Å². The third-order valence-electron chi connectivity index (χ3n) is 4.02. The molecule has 2 aliphatic heterocycles. The first-order valence-electron chi connectivity index (χ1n) is 7.19. The highest BCUT2D eigenvalue weighted by atomic mass is 35.5. The Morgan fingerprint density at radius 2 is 2.29 bits per heavy atom. The summed E-state index contributed by atoms with van der Waals surface area (Å²) in [6, 6.07) is 4.03. The van der Waals surface area contributed by atoms with Crippen LogP contribution >= 0.6 is 35.0 Å². The van der Waals surface area contributed by atoms with E-state index >= 15 is 0 Å². The summed E-state index contributed by atoms with van der Waals surface area (Å²) in [6.07, 6.45) is 1.40. The highest BCUT2D eigenvalue weighted by Crippen LogP contribution is 2.30. The van der Waals surface area contributed by atoms with Crippen molar-refractivity contribution in [2.75, 3.05) is 24.6 Å². The molecular weight excluding hydrogens is 327 g/mol. The third-order valence-corrected chi connectivity index (χ3v) is 5.71. The van der Waals surface area contributed by atoms with Crippen LogP contribution in [0.5, 0.6) is 0 Å². The number of rotatable bonds is 2. The number of hydrogen-bond acceptors (Lipinski definition) is 3. The summed E-state index contributed by atoms with van der Waals surface area (Å²) in [6.45, 7) is 2.35. The van der Waals surface area contributed by atoms with E-state index in [9.17, 15) is 4.79 Å². The number of fused-ring (bicyclic) bond motifs is 1. The first-order chi connectivity index (χ1) is 10.1. The van der Waals surface area contributed by atoms with Gasteiger partial charge in [0, 0.05) is 53.6 Å². The predicted octanol–water partition coefficient (Wildman–Crippen LogP) is 2.97. The van der Waals surface area contributed by atoms with Gasteiger partial charge in [0.1, 0.15) is 0 Å². The SMILES string of the molecule is O=C(CC1CSCCN1)N1CCc2cc(Cl)cc(Cl)c2C1. The number of nitrogens with zero attached hydrogens (tertiary/aromatic N) is 1. The van der Waals surface area contributed by atoms with E-state index in [1.807, 2.05) is 22.7 Å². The Hall–Kier alpha value is -0.420. The smallest absolute Gasteiger partial charge is 0.224 e. The van der Waals surface area contributed by atoms with Gasteiger partial charge in [0.05, 0.1) is 0 Å². The standard InChI is InChI=1S/C15H18Cl2N2OS/c16-11-5-10-1-3-19(8-13(10)14(17)6-11)15(20)7-12-9-21-4-2-18-12/h5-6,12,18H,1-4,7-9H2. The number of benzene rings is 1. The molecule has 21 heavy (non-hydrogen) atoms. The molecule has 1 fully saturated rings. The minimum absolute atomic E-state index is 0.215. The lowest BCUT2D eigenvalue weighted by atomic mass is 9.99. The third kappa shape index (κ3) is 3.67. The Morgan fingerprint density at radius 1 is 1.43 bits per heavy atom. The number of hydrogen-bond donors (Lipinski definition) is 1. The molecule has 1 unspecified atom stereocenters. The summed E-state index contributed by atoms with van der Waals surface area (Å²) in [4.78, 5) is 14.4. The molecule has 0 aromatic heterocycles. The Kier molecular flexibility index (Phi) is 4.99. The molecule has 0 bridgehead atoms. The van der Waals surface area contributed by atoms with E-state index in [-0.39, 0.29) is 5.91 Å². The van der Waals surface area contributed by atoms with Gasteiger partial charge >= 0.3 is 0 Å². The fraction of sp³-hybridized carbons (Fsp3) is 0.533. The second-order valence-corrected chi connectivity index (χ2v) is 7.51. The van der Waals surface area contributed by atoms with Gasteiger partial charge in [-0.3, -0.25) is 4.79 Å². The first kappa shape index (κ1) is 15.5. The molecule has 1 aromatic rings. The van der Waals surface area contributed by atoms with Crippen LogP contribution < -0.4 is 5.32 Å². The fourth-order valence-corrected chi connectivity index (χ4v) is 4.43. The Bertz CT molecular complexity index is 547. The topological polar surface area (TPSA) is 32.3 Å². The van der Waals surface area contributed by atoms with E-state index in [4.69, 9.17) is 23.2 Å². The maximum atomic E-state index is 12.5. The average molecular weight is 345 g/mol. The number of carbonyl (C=O) groups is 1. The minimum Gasteiger partial charge on any atom is -0.338 e. The van der Waals surface area contributed by atoms with Crippen LogP contribution in [-0.4, -0.2) is 41.4 Å². The van der Waals surface area contributed by atoms with Crippen molar-refractivity contribution in [2.45, 2.75) is 25.4 Å². The van der Waals surface area contributed by atoms with Crippen LogP contribution in [0.1, 0.15) is 17.5 Å². The van der Waals surface area contributed by atoms with Crippen LogP contribution in [-0.2, 0) is 17.8 Å². The van der Waals surface area contributed by atoms with Crippen molar-refractivity contribution >= 4 is 40.9 Å². The number of amides is 1. The predicted molar refractivity (Wildman–Crippen MR) is 89.3 cm³/mol. The van der Waals surface area contributed by atoms with E-state index < -0.39 is 0 Å². The van der Waals surface area contributed by atoms with E-state index in [2.05, 4.69) is 5.32 Å². The molecule has 1 aromatic carbocycles. The first-order valence-corrected chi connectivity index (χ1v) is 9.10. The molecule has 0 aliphatic carbocycles. The summed E-state index contributed by atoms with van der Waals surface area (Å²) in [5.41, 5.74) is 2.22. The van der Waals surface area contributed by atoms with Crippen molar-refractivity contribution in [3.05, 3.63) is 33.3 Å². The Morgan fingerprint density at radius 3 is 3.05 bits per heavy atom. The van der Waals surface area contributed by atoms with Gasteiger partial charge in [-0.1, -0.05) is 23.2 Å². The number of halogens is 2. The second-order valence-electron chi connectivity index (χ2n) is 5.52. The van der Waals surface area contributed by atoms with Gasteiger partial charge in [-0.25, -0.2) is 0 Å². The molecule has 2 aliphatic rings. The van der Waals surface area contributed by atoms with Crippen LogP contribution in [0.25, 0.3) is 0 Å². The Labute approximate surface area is 139 Å².